The van der Waals surface area contributed by atoms with Crippen LogP contribution in [0.3, 0.4) is 0 Å². The molecule has 0 aliphatic carbocycles. The van der Waals surface area contributed by atoms with E-state index in [1.807, 2.05) is 30.3 Å². The summed E-state index contributed by atoms with van der Waals surface area (Å²) >= 11 is 0. The SMILES string of the molecule is COCc1ccccc1CNC(=O)c1ccc(C#N)cc1. The van der Waals surface area contributed by atoms with E-state index in [0.29, 0.717) is 24.3 Å². The van der Waals surface area contributed by atoms with Crippen molar-refractivity contribution in [1.29, 1.82) is 5.26 Å². The van der Waals surface area contributed by atoms with Crippen molar-refractivity contribution >= 4 is 5.91 Å². The van der Waals surface area contributed by atoms with E-state index in [1.54, 1.807) is 31.4 Å². The van der Waals surface area contributed by atoms with Gasteiger partial charge < -0.3 is 10.1 Å². The van der Waals surface area contributed by atoms with Crippen LogP contribution in [0.25, 0.3) is 0 Å². The fourth-order valence-corrected chi connectivity index (χ4v) is 2.00. The summed E-state index contributed by atoms with van der Waals surface area (Å²) < 4.78 is 5.14. The normalized spacial score (nSPS) is 9.90. The number of methoxy groups -OCH3 is 1. The van der Waals surface area contributed by atoms with Gasteiger partial charge in [0.15, 0.2) is 0 Å². The molecule has 4 nitrogen and oxygen atoms in total. The molecule has 4 heteroatoms. The first-order valence-corrected chi connectivity index (χ1v) is 6.58. The zero-order valence-electron chi connectivity index (χ0n) is 11.8. The highest BCUT2D eigenvalue weighted by Gasteiger charge is 2.07. The summed E-state index contributed by atoms with van der Waals surface area (Å²) in [5.41, 5.74) is 3.16. The highest BCUT2D eigenvalue weighted by molar-refractivity contribution is 5.94. The van der Waals surface area contributed by atoms with E-state index in [-0.39, 0.29) is 5.91 Å². The Morgan fingerprint density at radius 1 is 1.14 bits per heavy atom. The van der Waals surface area contributed by atoms with Gasteiger partial charge in [-0.15, -0.1) is 0 Å². The second kappa shape index (κ2) is 7.22. The monoisotopic (exact) mass is 280 g/mol. The van der Waals surface area contributed by atoms with Gasteiger partial charge in [-0.25, -0.2) is 0 Å². The van der Waals surface area contributed by atoms with Crippen molar-refractivity contribution < 1.29 is 9.53 Å². The summed E-state index contributed by atoms with van der Waals surface area (Å²) in [5.74, 6) is -0.160. The van der Waals surface area contributed by atoms with Gasteiger partial charge in [-0.3, -0.25) is 4.79 Å². The van der Waals surface area contributed by atoms with Crippen molar-refractivity contribution in [2.24, 2.45) is 0 Å². The Morgan fingerprint density at radius 3 is 2.43 bits per heavy atom. The standard InChI is InChI=1S/C17H16N2O2/c1-21-12-16-5-3-2-4-15(16)11-19-17(20)14-8-6-13(10-18)7-9-14/h2-9H,11-12H2,1H3,(H,19,20). The van der Waals surface area contributed by atoms with E-state index in [2.05, 4.69) is 5.32 Å². The topological polar surface area (TPSA) is 62.1 Å². The van der Waals surface area contributed by atoms with Crippen molar-refractivity contribution in [2.75, 3.05) is 7.11 Å². The summed E-state index contributed by atoms with van der Waals surface area (Å²) in [7, 11) is 1.64. The van der Waals surface area contributed by atoms with Gasteiger partial charge in [0, 0.05) is 19.2 Å². The quantitative estimate of drug-likeness (QED) is 0.915. The molecule has 0 aliphatic heterocycles. The first kappa shape index (κ1) is 14.8. The minimum atomic E-state index is -0.160. The number of carbonyl (C=O) groups excluding carboxylic acids is 1. The Balaban J connectivity index is 2.02. The predicted octanol–water partition coefficient (Wildman–Crippen LogP) is 2.63. The van der Waals surface area contributed by atoms with E-state index >= 15 is 0 Å². The van der Waals surface area contributed by atoms with Gasteiger partial charge in [0.1, 0.15) is 0 Å². The van der Waals surface area contributed by atoms with Crippen LogP contribution in [-0.2, 0) is 17.9 Å². The van der Waals surface area contributed by atoms with Crippen LogP contribution in [0.2, 0.25) is 0 Å². The second-order valence-electron chi connectivity index (χ2n) is 4.57. The maximum absolute atomic E-state index is 12.1. The third-order valence-corrected chi connectivity index (χ3v) is 3.13. The van der Waals surface area contributed by atoms with Gasteiger partial charge in [0.05, 0.1) is 18.2 Å². The van der Waals surface area contributed by atoms with E-state index in [4.69, 9.17) is 10.00 Å². The lowest BCUT2D eigenvalue weighted by Gasteiger charge is -2.10. The maximum atomic E-state index is 12.1. The zero-order chi connectivity index (χ0) is 15.1. The molecule has 0 spiro atoms. The minimum absolute atomic E-state index is 0.160. The minimum Gasteiger partial charge on any atom is -0.380 e. The van der Waals surface area contributed by atoms with Crippen LogP contribution in [-0.4, -0.2) is 13.0 Å². The Morgan fingerprint density at radius 2 is 1.81 bits per heavy atom. The second-order valence-corrected chi connectivity index (χ2v) is 4.57. The third-order valence-electron chi connectivity index (χ3n) is 3.13. The van der Waals surface area contributed by atoms with Gasteiger partial charge in [-0.1, -0.05) is 24.3 Å². The van der Waals surface area contributed by atoms with E-state index < -0.39 is 0 Å². The van der Waals surface area contributed by atoms with E-state index in [1.165, 1.54) is 0 Å². The zero-order valence-corrected chi connectivity index (χ0v) is 11.8. The molecule has 0 saturated carbocycles. The number of carbonyl (C=O) groups is 1. The number of benzene rings is 2. The molecule has 0 saturated heterocycles. The molecule has 0 aliphatic rings. The number of nitrogens with one attached hydrogen (secondary N) is 1. The molecule has 0 unspecified atom stereocenters. The molecule has 2 rings (SSSR count). The van der Waals surface area contributed by atoms with Crippen molar-refractivity contribution in [2.45, 2.75) is 13.2 Å². The first-order valence-electron chi connectivity index (χ1n) is 6.58. The van der Waals surface area contributed by atoms with Crippen molar-refractivity contribution in [3.05, 3.63) is 70.8 Å². The Bertz CT molecular complexity index is 657. The van der Waals surface area contributed by atoms with Gasteiger partial charge in [0.25, 0.3) is 5.91 Å². The van der Waals surface area contributed by atoms with Gasteiger partial charge >= 0.3 is 0 Å². The molecule has 1 N–H and O–H groups in total. The number of hydrogen-bond donors (Lipinski definition) is 1. The smallest absolute Gasteiger partial charge is 0.251 e. The Hall–Kier alpha value is -2.64. The summed E-state index contributed by atoms with van der Waals surface area (Å²) in [5, 5.41) is 11.6. The predicted molar refractivity (Wildman–Crippen MR) is 79.5 cm³/mol. The molecule has 21 heavy (non-hydrogen) atoms. The van der Waals surface area contributed by atoms with Crippen molar-refractivity contribution in [3.63, 3.8) is 0 Å². The summed E-state index contributed by atoms with van der Waals surface area (Å²) in [6.45, 7) is 0.960. The van der Waals surface area contributed by atoms with Crippen LogP contribution >= 0.6 is 0 Å². The molecule has 0 bridgehead atoms. The Kier molecular flexibility index (Phi) is 5.08. The summed E-state index contributed by atoms with van der Waals surface area (Å²) in [6.07, 6.45) is 0. The van der Waals surface area contributed by atoms with Crippen molar-refractivity contribution in [1.82, 2.24) is 5.32 Å². The lowest BCUT2D eigenvalue weighted by atomic mass is 10.1. The van der Waals surface area contributed by atoms with Crippen molar-refractivity contribution in [3.8, 4) is 6.07 Å². The van der Waals surface area contributed by atoms with Crippen LogP contribution in [0.15, 0.2) is 48.5 Å². The largest absolute Gasteiger partial charge is 0.380 e. The highest BCUT2D eigenvalue weighted by Crippen LogP contribution is 2.10. The lowest BCUT2D eigenvalue weighted by Crippen LogP contribution is -2.23. The van der Waals surface area contributed by atoms with E-state index in [0.717, 1.165) is 11.1 Å². The highest BCUT2D eigenvalue weighted by atomic mass is 16.5. The fraction of sp³-hybridized carbons (Fsp3) is 0.176. The Labute approximate surface area is 124 Å². The molecule has 106 valence electrons. The molecule has 2 aromatic rings. The summed E-state index contributed by atoms with van der Waals surface area (Å²) in [6, 6.07) is 16.4. The number of nitrogens with zero attached hydrogens (tertiary/aromatic N) is 1. The summed E-state index contributed by atoms with van der Waals surface area (Å²) in [4.78, 5) is 12.1. The molecular formula is C17H16N2O2. The molecular weight excluding hydrogens is 264 g/mol. The van der Waals surface area contributed by atoms with Crippen LogP contribution < -0.4 is 5.32 Å². The van der Waals surface area contributed by atoms with Gasteiger partial charge in [-0.05, 0) is 35.4 Å². The molecule has 0 fully saturated rings. The third kappa shape index (κ3) is 3.91. The number of rotatable bonds is 5. The van der Waals surface area contributed by atoms with Crippen LogP contribution in [0.5, 0.6) is 0 Å². The van der Waals surface area contributed by atoms with Crippen LogP contribution in [0.4, 0.5) is 0 Å². The van der Waals surface area contributed by atoms with Crippen LogP contribution in [0.1, 0.15) is 27.0 Å². The average Bonchev–Trinajstić information content (AvgIpc) is 2.54. The first-order chi connectivity index (χ1) is 10.2. The molecule has 0 heterocycles. The number of ether oxygens (including phenoxy) is 1. The number of hydrogen-bond acceptors (Lipinski definition) is 3. The van der Waals surface area contributed by atoms with Gasteiger partial charge in [0.2, 0.25) is 0 Å². The van der Waals surface area contributed by atoms with Crippen LogP contribution in [0, 0.1) is 11.3 Å². The van der Waals surface area contributed by atoms with Gasteiger partial charge in [-0.2, -0.15) is 5.26 Å². The molecule has 0 atom stereocenters. The maximum Gasteiger partial charge on any atom is 0.251 e. The average molecular weight is 280 g/mol. The fourth-order valence-electron chi connectivity index (χ4n) is 2.00. The lowest BCUT2D eigenvalue weighted by molar-refractivity contribution is 0.0950. The molecule has 1 amide bonds. The van der Waals surface area contributed by atoms with E-state index in [9.17, 15) is 4.79 Å². The molecule has 0 aromatic heterocycles. The molecule has 2 aromatic carbocycles. The molecule has 0 radical (unpaired) electrons. The number of nitriles is 1. The number of amides is 1.